The third-order valence-electron chi connectivity index (χ3n) is 6.69. The van der Waals surface area contributed by atoms with Crippen LogP contribution in [0.15, 0.2) is 48.5 Å². The number of alkyl carbamates (subject to hydrolysis) is 1. The predicted molar refractivity (Wildman–Crippen MR) is 124 cm³/mol. The van der Waals surface area contributed by atoms with Gasteiger partial charge in [-0.25, -0.2) is 4.79 Å². The lowest BCUT2D eigenvalue weighted by molar-refractivity contribution is -0.146. The Hall–Kier alpha value is -3.35. The number of likely N-dealkylation sites (tertiary alicyclic amines) is 1. The van der Waals surface area contributed by atoms with Crippen LogP contribution in [0.5, 0.6) is 0 Å². The first kappa shape index (κ1) is 22.8. The minimum atomic E-state index is -0.850. The molecule has 7 nitrogen and oxygen atoms in total. The van der Waals surface area contributed by atoms with Gasteiger partial charge in [-0.15, -0.1) is 0 Å². The summed E-state index contributed by atoms with van der Waals surface area (Å²) in [6.45, 7) is 3.23. The molecule has 4 rings (SSSR count). The van der Waals surface area contributed by atoms with E-state index in [1.807, 2.05) is 31.2 Å². The monoisotopic (exact) mass is 450 g/mol. The third kappa shape index (κ3) is 5.02. The molecule has 174 valence electrons. The number of aliphatic carboxylic acids is 1. The van der Waals surface area contributed by atoms with Gasteiger partial charge in [0.15, 0.2) is 0 Å². The Balaban J connectivity index is 1.24. The van der Waals surface area contributed by atoms with Crippen LogP contribution in [0.1, 0.15) is 43.2 Å². The van der Waals surface area contributed by atoms with E-state index in [4.69, 9.17) is 4.74 Å². The second-order valence-corrected chi connectivity index (χ2v) is 8.90. The standard InChI is InChI=1S/C26H30N2O5/c1-17(24(29)28-14-6-7-18(15-28)25(30)31)12-13-27-26(32)33-16-23-21-10-4-2-8-19(21)20-9-3-5-11-22(20)23/h2-5,8-11,17-18,23H,6-7,12-16H2,1H3,(H,27,32)(H,30,31). The van der Waals surface area contributed by atoms with Gasteiger partial charge in [0.05, 0.1) is 5.92 Å². The van der Waals surface area contributed by atoms with E-state index >= 15 is 0 Å². The number of hydrogen-bond acceptors (Lipinski definition) is 4. The van der Waals surface area contributed by atoms with Crippen molar-refractivity contribution in [1.29, 1.82) is 0 Å². The Kier molecular flexibility index (Phi) is 6.96. The van der Waals surface area contributed by atoms with Crippen molar-refractivity contribution in [2.24, 2.45) is 11.8 Å². The summed E-state index contributed by atoms with van der Waals surface area (Å²) in [6, 6.07) is 16.4. The Labute approximate surface area is 193 Å². The van der Waals surface area contributed by atoms with Crippen LogP contribution >= 0.6 is 0 Å². The highest BCUT2D eigenvalue weighted by molar-refractivity contribution is 5.80. The maximum atomic E-state index is 12.7. The summed E-state index contributed by atoms with van der Waals surface area (Å²) in [6.07, 6.45) is 1.28. The smallest absolute Gasteiger partial charge is 0.407 e. The number of piperidine rings is 1. The predicted octanol–water partition coefficient (Wildman–Crippen LogP) is 3.87. The normalized spacial score (nSPS) is 18.2. The SMILES string of the molecule is CC(CCNC(=O)OCC1c2ccccc2-c2ccccc21)C(=O)N1CCCC(C(=O)O)C1. The van der Waals surface area contributed by atoms with E-state index in [0.29, 0.717) is 32.4 Å². The van der Waals surface area contributed by atoms with Crippen LogP contribution in [0.4, 0.5) is 4.79 Å². The number of carboxylic acids is 1. The Morgan fingerprint density at radius 1 is 1.09 bits per heavy atom. The topological polar surface area (TPSA) is 95.9 Å². The fraction of sp³-hybridized carbons (Fsp3) is 0.423. The second kappa shape index (κ2) is 10.1. The Morgan fingerprint density at radius 3 is 2.36 bits per heavy atom. The van der Waals surface area contributed by atoms with Crippen molar-refractivity contribution in [3.05, 3.63) is 59.7 Å². The van der Waals surface area contributed by atoms with Gasteiger partial charge in [-0.2, -0.15) is 0 Å². The van der Waals surface area contributed by atoms with Crippen molar-refractivity contribution < 1.29 is 24.2 Å². The molecule has 7 heteroatoms. The number of hydrogen-bond donors (Lipinski definition) is 2. The minimum Gasteiger partial charge on any atom is -0.481 e. The molecule has 0 radical (unpaired) electrons. The first-order valence-electron chi connectivity index (χ1n) is 11.6. The molecule has 1 aliphatic carbocycles. The van der Waals surface area contributed by atoms with Gasteiger partial charge in [0.25, 0.3) is 0 Å². The Morgan fingerprint density at radius 2 is 1.73 bits per heavy atom. The molecule has 2 amide bonds. The quantitative estimate of drug-likeness (QED) is 0.668. The molecule has 2 unspecified atom stereocenters. The lowest BCUT2D eigenvalue weighted by atomic mass is 9.96. The molecule has 2 aromatic carbocycles. The van der Waals surface area contributed by atoms with Gasteiger partial charge < -0.3 is 20.1 Å². The summed E-state index contributed by atoms with van der Waals surface area (Å²) < 4.78 is 5.53. The largest absolute Gasteiger partial charge is 0.481 e. The fourth-order valence-electron chi connectivity index (χ4n) is 4.85. The van der Waals surface area contributed by atoms with E-state index in [2.05, 4.69) is 29.6 Å². The van der Waals surface area contributed by atoms with Crippen LogP contribution in [-0.2, 0) is 14.3 Å². The molecule has 1 aliphatic heterocycles. The van der Waals surface area contributed by atoms with Gasteiger partial charge in [0.1, 0.15) is 6.61 Å². The number of rotatable bonds is 7. The molecule has 2 aliphatic rings. The highest BCUT2D eigenvalue weighted by Gasteiger charge is 2.31. The van der Waals surface area contributed by atoms with E-state index in [9.17, 15) is 19.5 Å². The van der Waals surface area contributed by atoms with Crippen molar-refractivity contribution in [1.82, 2.24) is 10.2 Å². The highest BCUT2D eigenvalue weighted by Crippen LogP contribution is 2.44. The van der Waals surface area contributed by atoms with Crippen molar-refractivity contribution >= 4 is 18.0 Å². The molecule has 2 atom stereocenters. The van der Waals surface area contributed by atoms with E-state index < -0.39 is 18.0 Å². The zero-order valence-electron chi connectivity index (χ0n) is 18.8. The number of amides is 2. The molecule has 0 bridgehead atoms. The lowest BCUT2D eigenvalue weighted by Gasteiger charge is -2.32. The molecule has 33 heavy (non-hydrogen) atoms. The van der Waals surface area contributed by atoms with E-state index in [-0.39, 0.29) is 30.9 Å². The number of ether oxygens (including phenoxy) is 1. The van der Waals surface area contributed by atoms with E-state index in [1.165, 1.54) is 11.1 Å². The molecule has 2 N–H and O–H groups in total. The number of nitrogens with one attached hydrogen (secondary N) is 1. The van der Waals surface area contributed by atoms with Crippen molar-refractivity contribution in [3.63, 3.8) is 0 Å². The molecule has 0 spiro atoms. The molecule has 1 heterocycles. The maximum absolute atomic E-state index is 12.7. The van der Waals surface area contributed by atoms with Gasteiger partial charge in [-0.1, -0.05) is 55.5 Å². The average Bonchev–Trinajstić information content (AvgIpc) is 3.16. The molecule has 1 fully saturated rings. The van der Waals surface area contributed by atoms with Gasteiger partial charge >= 0.3 is 12.1 Å². The van der Waals surface area contributed by atoms with E-state index in [1.54, 1.807) is 4.90 Å². The van der Waals surface area contributed by atoms with Gasteiger partial charge in [-0.3, -0.25) is 9.59 Å². The highest BCUT2D eigenvalue weighted by atomic mass is 16.5. The summed E-state index contributed by atoms with van der Waals surface area (Å²) in [5, 5.41) is 12.0. The second-order valence-electron chi connectivity index (χ2n) is 8.90. The lowest BCUT2D eigenvalue weighted by Crippen LogP contribution is -2.44. The molecular formula is C26H30N2O5. The van der Waals surface area contributed by atoms with Crippen LogP contribution in [0, 0.1) is 11.8 Å². The maximum Gasteiger partial charge on any atom is 0.407 e. The van der Waals surface area contributed by atoms with E-state index in [0.717, 1.165) is 11.1 Å². The summed E-state index contributed by atoms with van der Waals surface area (Å²) >= 11 is 0. The van der Waals surface area contributed by atoms with Crippen molar-refractivity contribution in [2.45, 2.75) is 32.1 Å². The zero-order valence-corrected chi connectivity index (χ0v) is 18.8. The molecule has 0 aromatic heterocycles. The summed E-state index contributed by atoms with van der Waals surface area (Å²) in [7, 11) is 0. The fourth-order valence-corrected chi connectivity index (χ4v) is 4.85. The van der Waals surface area contributed by atoms with Gasteiger partial charge in [-0.05, 0) is 41.5 Å². The number of carboxylic acid groups (broad SMARTS) is 1. The van der Waals surface area contributed by atoms with Gasteiger partial charge in [0, 0.05) is 31.5 Å². The zero-order chi connectivity index (χ0) is 23.4. The average molecular weight is 451 g/mol. The third-order valence-corrected chi connectivity index (χ3v) is 6.69. The molecular weight excluding hydrogens is 420 g/mol. The van der Waals surface area contributed by atoms with Crippen LogP contribution < -0.4 is 5.32 Å². The summed E-state index contributed by atoms with van der Waals surface area (Å²) in [4.78, 5) is 37.8. The summed E-state index contributed by atoms with van der Waals surface area (Å²) in [5.74, 6) is -1.70. The molecule has 1 saturated heterocycles. The van der Waals surface area contributed by atoms with Crippen LogP contribution in [0.2, 0.25) is 0 Å². The molecule has 0 saturated carbocycles. The summed E-state index contributed by atoms with van der Waals surface area (Å²) in [5.41, 5.74) is 4.67. The van der Waals surface area contributed by atoms with Crippen LogP contribution in [0.25, 0.3) is 11.1 Å². The van der Waals surface area contributed by atoms with Crippen molar-refractivity contribution in [2.75, 3.05) is 26.2 Å². The van der Waals surface area contributed by atoms with Crippen LogP contribution in [-0.4, -0.2) is 54.2 Å². The number of fused-ring (bicyclic) bond motifs is 3. The molecule has 2 aromatic rings. The first-order chi connectivity index (χ1) is 16.0. The Bertz CT molecular complexity index is 991. The number of carbonyl (C=O) groups is 3. The minimum absolute atomic E-state index is 0.00457. The number of carbonyl (C=O) groups excluding carboxylic acids is 2. The van der Waals surface area contributed by atoms with Crippen molar-refractivity contribution in [3.8, 4) is 11.1 Å². The first-order valence-corrected chi connectivity index (χ1v) is 11.6. The van der Waals surface area contributed by atoms with Crippen LogP contribution in [0.3, 0.4) is 0 Å². The number of benzene rings is 2. The number of nitrogens with zero attached hydrogens (tertiary/aromatic N) is 1. The van der Waals surface area contributed by atoms with Gasteiger partial charge in [0.2, 0.25) is 5.91 Å².